The molecule has 2 fully saturated rings. The van der Waals surface area contributed by atoms with Crippen molar-refractivity contribution in [3.63, 3.8) is 0 Å². The number of nitriles is 1. The maximum atomic E-state index is 10.5. The van der Waals surface area contributed by atoms with E-state index in [1.807, 2.05) is 13.0 Å². The first-order valence-corrected chi connectivity index (χ1v) is 6.30. The summed E-state index contributed by atoms with van der Waals surface area (Å²) in [5, 5.41) is 20.1. The summed E-state index contributed by atoms with van der Waals surface area (Å²) in [4.78, 5) is 0. The van der Waals surface area contributed by atoms with E-state index in [1.54, 1.807) is 6.26 Å². The van der Waals surface area contributed by atoms with Crippen LogP contribution in [-0.4, -0.2) is 5.11 Å². The van der Waals surface area contributed by atoms with Gasteiger partial charge in [-0.15, -0.1) is 0 Å². The molecule has 1 aromatic rings. The minimum Gasteiger partial charge on any atom is -0.466 e. The summed E-state index contributed by atoms with van der Waals surface area (Å²) in [6.45, 7) is 1.92. The van der Waals surface area contributed by atoms with Crippen LogP contribution in [0.2, 0.25) is 0 Å². The maximum Gasteiger partial charge on any atom is 0.136 e. The van der Waals surface area contributed by atoms with Crippen molar-refractivity contribution < 1.29 is 9.52 Å². The lowest BCUT2D eigenvalue weighted by Crippen LogP contribution is -2.33. The van der Waals surface area contributed by atoms with Crippen LogP contribution in [0.5, 0.6) is 0 Å². The summed E-state index contributed by atoms with van der Waals surface area (Å²) in [5.74, 6) is 1.56. The van der Waals surface area contributed by atoms with Gasteiger partial charge in [0.1, 0.15) is 11.9 Å². The third kappa shape index (κ3) is 1.37. The number of aliphatic hydroxyl groups is 1. The van der Waals surface area contributed by atoms with Gasteiger partial charge >= 0.3 is 0 Å². The zero-order chi connectivity index (χ0) is 12.0. The Balaban J connectivity index is 1.97. The quantitative estimate of drug-likeness (QED) is 0.851. The molecule has 4 atom stereocenters. The van der Waals surface area contributed by atoms with E-state index in [2.05, 4.69) is 6.07 Å². The van der Waals surface area contributed by atoms with Gasteiger partial charge in [0.2, 0.25) is 0 Å². The molecule has 1 aromatic heterocycles. The van der Waals surface area contributed by atoms with Crippen LogP contribution >= 0.6 is 0 Å². The Labute approximate surface area is 101 Å². The molecule has 17 heavy (non-hydrogen) atoms. The molecule has 3 nitrogen and oxygen atoms in total. The zero-order valence-corrected chi connectivity index (χ0v) is 10.0. The fraction of sp³-hybridized carbons (Fsp3) is 0.643. The fourth-order valence-corrected chi connectivity index (χ4v) is 3.80. The lowest BCUT2D eigenvalue weighted by Gasteiger charge is -2.34. The molecule has 0 saturated heterocycles. The van der Waals surface area contributed by atoms with E-state index < -0.39 is 11.5 Å². The lowest BCUT2D eigenvalue weighted by molar-refractivity contribution is 0.00753. The second-order valence-electron chi connectivity index (χ2n) is 5.60. The SMILES string of the molecule is Cc1ccoc1C(O)C1(C#N)CC2CCC1C2. The van der Waals surface area contributed by atoms with Crippen molar-refractivity contribution in [2.24, 2.45) is 17.3 Å². The molecule has 1 N–H and O–H groups in total. The number of hydrogen-bond acceptors (Lipinski definition) is 3. The van der Waals surface area contributed by atoms with E-state index in [9.17, 15) is 10.4 Å². The van der Waals surface area contributed by atoms with Gasteiger partial charge in [-0.1, -0.05) is 6.42 Å². The van der Waals surface area contributed by atoms with Gasteiger partial charge < -0.3 is 9.52 Å². The summed E-state index contributed by atoms with van der Waals surface area (Å²) in [7, 11) is 0. The molecule has 90 valence electrons. The van der Waals surface area contributed by atoms with Gasteiger partial charge in [0.25, 0.3) is 0 Å². The van der Waals surface area contributed by atoms with E-state index in [-0.39, 0.29) is 0 Å². The first-order chi connectivity index (χ1) is 8.17. The van der Waals surface area contributed by atoms with E-state index in [1.165, 1.54) is 6.42 Å². The summed E-state index contributed by atoms with van der Waals surface area (Å²) >= 11 is 0. The van der Waals surface area contributed by atoms with Gasteiger partial charge in [-0.25, -0.2) is 0 Å². The van der Waals surface area contributed by atoms with Crippen LogP contribution < -0.4 is 0 Å². The smallest absolute Gasteiger partial charge is 0.136 e. The Hall–Kier alpha value is -1.27. The summed E-state index contributed by atoms with van der Waals surface area (Å²) in [6, 6.07) is 4.26. The van der Waals surface area contributed by atoms with E-state index in [4.69, 9.17) is 4.42 Å². The van der Waals surface area contributed by atoms with Crippen molar-refractivity contribution in [3.8, 4) is 6.07 Å². The first kappa shape index (κ1) is 10.9. The number of rotatable bonds is 2. The highest BCUT2D eigenvalue weighted by molar-refractivity contribution is 5.25. The second kappa shape index (κ2) is 3.61. The lowest BCUT2D eigenvalue weighted by atomic mass is 9.69. The summed E-state index contributed by atoms with van der Waals surface area (Å²) < 4.78 is 5.37. The number of aryl methyl sites for hydroxylation is 1. The highest BCUT2D eigenvalue weighted by Gasteiger charge is 2.56. The van der Waals surface area contributed by atoms with Gasteiger partial charge in [0.05, 0.1) is 17.7 Å². The molecule has 2 aliphatic carbocycles. The van der Waals surface area contributed by atoms with Crippen molar-refractivity contribution in [2.75, 3.05) is 0 Å². The minimum atomic E-state index is -0.766. The van der Waals surface area contributed by atoms with E-state index in [0.717, 1.165) is 24.8 Å². The number of furan rings is 1. The van der Waals surface area contributed by atoms with Crippen LogP contribution in [0.15, 0.2) is 16.7 Å². The maximum absolute atomic E-state index is 10.5. The second-order valence-corrected chi connectivity index (χ2v) is 5.60. The normalized spacial score (nSPS) is 37.0. The topological polar surface area (TPSA) is 57.2 Å². The van der Waals surface area contributed by atoms with Crippen LogP contribution in [0.1, 0.15) is 43.1 Å². The van der Waals surface area contributed by atoms with Crippen LogP contribution in [0.25, 0.3) is 0 Å². The van der Waals surface area contributed by atoms with Crippen molar-refractivity contribution in [3.05, 3.63) is 23.7 Å². The number of fused-ring (bicyclic) bond motifs is 2. The van der Waals surface area contributed by atoms with Crippen molar-refractivity contribution in [1.29, 1.82) is 5.26 Å². The standard InChI is InChI=1S/C14H17NO2/c1-9-4-5-17-12(9)13(16)14(8-15)7-10-2-3-11(14)6-10/h4-5,10-11,13,16H,2-3,6-7H2,1H3. The van der Waals surface area contributed by atoms with Crippen molar-refractivity contribution >= 4 is 0 Å². The number of nitrogens with zero attached hydrogens (tertiary/aromatic N) is 1. The molecule has 3 rings (SSSR count). The largest absolute Gasteiger partial charge is 0.466 e. The van der Waals surface area contributed by atoms with Gasteiger partial charge in [0.15, 0.2) is 0 Å². The minimum absolute atomic E-state index is 0.344. The molecule has 1 heterocycles. The van der Waals surface area contributed by atoms with E-state index in [0.29, 0.717) is 17.6 Å². The van der Waals surface area contributed by atoms with Crippen LogP contribution in [0.4, 0.5) is 0 Å². The molecule has 0 amide bonds. The van der Waals surface area contributed by atoms with Gasteiger partial charge in [0, 0.05) is 0 Å². The molecule has 2 bridgehead atoms. The van der Waals surface area contributed by atoms with Gasteiger partial charge in [-0.3, -0.25) is 0 Å². The Morgan fingerprint density at radius 1 is 1.59 bits per heavy atom. The average molecular weight is 231 g/mol. The molecule has 3 heteroatoms. The third-order valence-electron chi connectivity index (χ3n) is 4.74. The molecular weight excluding hydrogens is 214 g/mol. The van der Waals surface area contributed by atoms with E-state index >= 15 is 0 Å². The monoisotopic (exact) mass is 231 g/mol. The molecular formula is C14H17NO2. The summed E-state index contributed by atoms with van der Waals surface area (Å²) in [6.07, 6.45) is 5.05. The third-order valence-corrected chi connectivity index (χ3v) is 4.74. The molecule has 0 spiro atoms. The van der Waals surface area contributed by atoms with Crippen LogP contribution in [0, 0.1) is 35.5 Å². The molecule has 4 unspecified atom stereocenters. The Morgan fingerprint density at radius 3 is 2.88 bits per heavy atom. The highest BCUT2D eigenvalue weighted by atomic mass is 16.4. The number of aliphatic hydroxyl groups excluding tert-OH is 1. The Bertz CT molecular complexity index is 473. The molecule has 2 aliphatic rings. The highest BCUT2D eigenvalue weighted by Crippen LogP contribution is 2.60. The molecule has 0 aliphatic heterocycles. The van der Waals surface area contributed by atoms with Crippen molar-refractivity contribution in [2.45, 2.75) is 38.7 Å². The first-order valence-electron chi connectivity index (χ1n) is 6.30. The predicted molar refractivity (Wildman–Crippen MR) is 61.9 cm³/mol. The average Bonchev–Trinajstić information content (AvgIpc) is 3.02. The molecule has 0 radical (unpaired) electrons. The van der Waals surface area contributed by atoms with Gasteiger partial charge in [-0.05, 0) is 49.7 Å². The molecule has 2 saturated carbocycles. The molecule has 0 aromatic carbocycles. The Kier molecular flexibility index (Phi) is 2.31. The van der Waals surface area contributed by atoms with Crippen LogP contribution in [-0.2, 0) is 0 Å². The summed E-state index contributed by atoms with van der Waals surface area (Å²) in [5.41, 5.74) is 0.334. The van der Waals surface area contributed by atoms with Crippen LogP contribution in [0.3, 0.4) is 0 Å². The predicted octanol–water partition coefficient (Wildman–Crippen LogP) is 2.95. The van der Waals surface area contributed by atoms with Gasteiger partial charge in [-0.2, -0.15) is 5.26 Å². The van der Waals surface area contributed by atoms with Crippen molar-refractivity contribution in [1.82, 2.24) is 0 Å². The number of hydrogen-bond donors (Lipinski definition) is 1. The zero-order valence-electron chi connectivity index (χ0n) is 10.0. The fourth-order valence-electron chi connectivity index (χ4n) is 3.80. The Morgan fingerprint density at radius 2 is 2.41 bits per heavy atom.